The number of sulfone groups is 1. The van der Waals surface area contributed by atoms with Gasteiger partial charge in [-0.15, -0.1) is 0 Å². The van der Waals surface area contributed by atoms with Crippen molar-refractivity contribution in [3.63, 3.8) is 0 Å². The lowest BCUT2D eigenvalue weighted by Gasteiger charge is -2.25. The molecule has 1 rings (SSSR count). The average Bonchev–Trinajstić information content (AvgIpc) is 2.43. The Bertz CT molecular complexity index is 289. The molecule has 1 atom stereocenters. The second-order valence-corrected chi connectivity index (χ2v) is 7.00. The second-order valence-electron chi connectivity index (χ2n) is 4.53. The molecule has 0 spiro atoms. The SMILES string of the molecule is CCS(=O)(=O)CCCC1(O)CCCOCC1. The normalized spacial score (nSPS) is 27.6. The molecule has 0 aliphatic carbocycles. The Morgan fingerprint density at radius 1 is 1.31 bits per heavy atom. The topological polar surface area (TPSA) is 63.6 Å². The van der Waals surface area contributed by atoms with Crippen LogP contribution in [0.2, 0.25) is 0 Å². The first-order valence-electron chi connectivity index (χ1n) is 5.98. The summed E-state index contributed by atoms with van der Waals surface area (Å²) in [5, 5.41) is 10.2. The van der Waals surface area contributed by atoms with Crippen LogP contribution in [-0.2, 0) is 14.6 Å². The van der Waals surface area contributed by atoms with E-state index in [0.717, 1.165) is 12.8 Å². The Hall–Kier alpha value is -0.130. The minimum absolute atomic E-state index is 0.187. The molecular weight excluding hydrogens is 228 g/mol. The van der Waals surface area contributed by atoms with Crippen LogP contribution in [0.5, 0.6) is 0 Å². The fraction of sp³-hybridized carbons (Fsp3) is 1.00. The van der Waals surface area contributed by atoms with Crippen molar-refractivity contribution in [3.05, 3.63) is 0 Å². The highest BCUT2D eigenvalue weighted by Gasteiger charge is 2.28. The van der Waals surface area contributed by atoms with Crippen molar-refractivity contribution in [1.29, 1.82) is 0 Å². The lowest BCUT2D eigenvalue weighted by molar-refractivity contribution is 0.0103. The van der Waals surface area contributed by atoms with E-state index < -0.39 is 15.4 Å². The first-order valence-corrected chi connectivity index (χ1v) is 7.80. The van der Waals surface area contributed by atoms with Crippen LogP contribution in [-0.4, -0.2) is 43.8 Å². The molecule has 4 nitrogen and oxygen atoms in total. The zero-order chi connectivity index (χ0) is 12.1. The van der Waals surface area contributed by atoms with Gasteiger partial charge in [0.1, 0.15) is 9.84 Å². The smallest absolute Gasteiger partial charge is 0.150 e. The maximum atomic E-state index is 11.3. The van der Waals surface area contributed by atoms with E-state index in [0.29, 0.717) is 32.5 Å². The van der Waals surface area contributed by atoms with E-state index in [1.54, 1.807) is 6.92 Å². The second kappa shape index (κ2) is 5.98. The van der Waals surface area contributed by atoms with Crippen molar-refractivity contribution in [3.8, 4) is 0 Å². The molecule has 16 heavy (non-hydrogen) atoms. The van der Waals surface area contributed by atoms with E-state index in [-0.39, 0.29) is 11.5 Å². The molecule has 1 aliphatic rings. The van der Waals surface area contributed by atoms with E-state index in [2.05, 4.69) is 0 Å². The number of ether oxygens (including phenoxy) is 1. The maximum Gasteiger partial charge on any atom is 0.150 e. The molecular formula is C11H22O4S. The maximum absolute atomic E-state index is 11.3. The van der Waals surface area contributed by atoms with Gasteiger partial charge in [0.2, 0.25) is 0 Å². The van der Waals surface area contributed by atoms with E-state index in [1.807, 2.05) is 0 Å². The third-order valence-corrected chi connectivity index (χ3v) is 4.97. The average molecular weight is 250 g/mol. The molecule has 0 amide bonds. The summed E-state index contributed by atoms with van der Waals surface area (Å²) >= 11 is 0. The number of aliphatic hydroxyl groups is 1. The van der Waals surface area contributed by atoms with E-state index in [4.69, 9.17) is 4.74 Å². The summed E-state index contributed by atoms with van der Waals surface area (Å²) in [6, 6.07) is 0. The Labute approximate surface area is 97.9 Å². The van der Waals surface area contributed by atoms with Crippen LogP contribution >= 0.6 is 0 Å². The molecule has 1 saturated heterocycles. The predicted octanol–water partition coefficient (Wildman–Crippen LogP) is 1.13. The molecule has 0 saturated carbocycles. The van der Waals surface area contributed by atoms with Crippen LogP contribution in [0.15, 0.2) is 0 Å². The van der Waals surface area contributed by atoms with Gasteiger partial charge in [-0.3, -0.25) is 0 Å². The third kappa shape index (κ3) is 4.80. The standard InChI is InChI=1S/C11H22O4S/c1-2-16(13,14)10-4-6-11(12)5-3-8-15-9-7-11/h12H,2-10H2,1H3. The largest absolute Gasteiger partial charge is 0.390 e. The van der Waals surface area contributed by atoms with Gasteiger partial charge in [0, 0.05) is 19.0 Å². The summed E-state index contributed by atoms with van der Waals surface area (Å²) < 4.78 is 27.9. The summed E-state index contributed by atoms with van der Waals surface area (Å²) in [5.41, 5.74) is -0.709. The Morgan fingerprint density at radius 2 is 2.06 bits per heavy atom. The van der Waals surface area contributed by atoms with Crippen LogP contribution in [0, 0.1) is 0 Å². The minimum atomic E-state index is -2.90. The van der Waals surface area contributed by atoms with Crippen LogP contribution < -0.4 is 0 Å². The first-order chi connectivity index (χ1) is 7.47. The van der Waals surface area contributed by atoms with E-state index in [9.17, 15) is 13.5 Å². The van der Waals surface area contributed by atoms with Crippen molar-refractivity contribution in [2.75, 3.05) is 24.7 Å². The lowest BCUT2D eigenvalue weighted by Crippen LogP contribution is -2.29. The highest BCUT2D eigenvalue weighted by Crippen LogP contribution is 2.26. The van der Waals surface area contributed by atoms with Gasteiger partial charge < -0.3 is 9.84 Å². The summed E-state index contributed by atoms with van der Waals surface area (Å²) in [6.07, 6.45) is 3.32. The molecule has 1 fully saturated rings. The lowest BCUT2D eigenvalue weighted by atomic mass is 9.90. The monoisotopic (exact) mass is 250 g/mol. The highest BCUT2D eigenvalue weighted by atomic mass is 32.2. The number of hydrogen-bond acceptors (Lipinski definition) is 4. The molecule has 96 valence electrons. The Kier molecular flexibility index (Phi) is 5.21. The quantitative estimate of drug-likeness (QED) is 0.794. The molecule has 1 N–H and O–H groups in total. The predicted molar refractivity (Wildman–Crippen MR) is 63.2 cm³/mol. The van der Waals surface area contributed by atoms with Gasteiger partial charge in [-0.1, -0.05) is 6.92 Å². The molecule has 0 radical (unpaired) electrons. The van der Waals surface area contributed by atoms with Gasteiger partial charge in [0.25, 0.3) is 0 Å². The van der Waals surface area contributed by atoms with Crippen LogP contribution in [0.4, 0.5) is 0 Å². The molecule has 0 aromatic rings. The van der Waals surface area contributed by atoms with Gasteiger partial charge in [-0.05, 0) is 32.1 Å². The van der Waals surface area contributed by atoms with Gasteiger partial charge >= 0.3 is 0 Å². The van der Waals surface area contributed by atoms with Crippen LogP contribution in [0.25, 0.3) is 0 Å². The van der Waals surface area contributed by atoms with Crippen molar-refractivity contribution in [1.82, 2.24) is 0 Å². The molecule has 0 aromatic heterocycles. The fourth-order valence-corrected chi connectivity index (χ4v) is 2.88. The van der Waals surface area contributed by atoms with Gasteiger partial charge in [-0.2, -0.15) is 0 Å². The van der Waals surface area contributed by atoms with Gasteiger partial charge in [-0.25, -0.2) is 8.42 Å². The fourth-order valence-electron chi connectivity index (χ4n) is 2.01. The van der Waals surface area contributed by atoms with Gasteiger partial charge in [0.15, 0.2) is 0 Å². The number of hydrogen-bond donors (Lipinski definition) is 1. The zero-order valence-electron chi connectivity index (χ0n) is 9.94. The molecule has 1 aliphatic heterocycles. The highest BCUT2D eigenvalue weighted by molar-refractivity contribution is 7.91. The van der Waals surface area contributed by atoms with Crippen molar-refractivity contribution in [2.24, 2.45) is 0 Å². The van der Waals surface area contributed by atoms with Crippen LogP contribution in [0.1, 0.15) is 39.0 Å². The Morgan fingerprint density at radius 3 is 2.75 bits per heavy atom. The van der Waals surface area contributed by atoms with Crippen molar-refractivity contribution in [2.45, 2.75) is 44.6 Å². The van der Waals surface area contributed by atoms with E-state index >= 15 is 0 Å². The third-order valence-electron chi connectivity index (χ3n) is 3.18. The first kappa shape index (κ1) is 13.9. The summed E-state index contributed by atoms with van der Waals surface area (Å²) in [7, 11) is -2.90. The van der Waals surface area contributed by atoms with Crippen molar-refractivity contribution >= 4 is 9.84 Å². The summed E-state index contributed by atoms with van der Waals surface area (Å²) in [5.74, 6) is 0.376. The zero-order valence-corrected chi connectivity index (χ0v) is 10.8. The van der Waals surface area contributed by atoms with Crippen LogP contribution in [0.3, 0.4) is 0 Å². The Balaban J connectivity index is 2.35. The molecule has 1 heterocycles. The summed E-state index contributed by atoms with van der Waals surface area (Å²) in [6.45, 7) is 2.94. The molecule has 0 aromatic carbocycles. The van der Waals surface area contributed by atoms with Gasteiger partial charge in [0.05, 0.1) is 11.4 Å². The molecule has 1 unspecified atom stereocenters. The number of rotatable bonds is 5. The molecule has 5 heteroatoms. The molecule has 0 bridgehead atoms. The van der Waals surface area contributed by atoms with Crippen molar-refractivity contribution < 1.29 is 18.3 Å². The van der Waals surface area contributed by atoms with E-state index in [1.165, 1.54) is 0 Å². The minimum Gasteiger partial charge on any atom is -0.390 e. The summed E-state index contributed by atoms with van der Waals surface area (Å²) in [4.78, 5) is 0.